The third kappa shape index (κ3) is 2.30. The van der Waals surface area contributed by atoms with Crippen LogP contribution in [0.5, 0.6) is 0 Å². The molecule has 7 heteroatoms. The molecule has 0 radical (unpaired) electrons. The van der Waals surface area contributed by atoms with Gasteiger partial charge in [-0.2, -0.15) is 0 Å². The van der Waals surface area contributed by atoms with Gasteiger partial charge >= 0.3 is 0 Å². The first-order chi connectivity index (χ1) is 11.7. The predicted octanol–water partition coefficient (Wildman–Crippen LogP) is 0.710. The fourth-order valence-corrected chi connectivity index (χ4v) is 3.08. The molecular weight excluding hydrogens is 310 g/mol. The first kappa shape index (κ1) is 15.2. The fourth-order valence-electron chi connectivity index (χ4n) is 3.08. The van der Waals surface area contributed by atoms with Crippen molar-refractivity contribution in [1.29, 1.82) is 0 Å². The van der Waals surface area contributed by atoms with Crippen molar-refractivity contribution in [2.45, 2.75) is 24.5 Å². The number of pyridine rings is 1. The van der Waals surface area contributed by atoms with Gasteiger partial charge in [0.1, 0.15) is 23.8 Å². The van der Waals surface area contributed by atoms with E-state index < -0.39 is 24.5 Å². The van der Waals surface area contributed by atoms with Crippen molar-refractivity contribution in [3.05, 3.63) is 48.9 Å². The summed E-state index contributed by atoms with van der Waals surface area (Å²) in [7, 11) is 0. The van der Waals surface area contributed by atoms with Crippen LogP contribution in [0.25, 0.3) is 22.3 Å². The molecule has 1 aromatic carbocycles. The number of imidazole rings is 1. The Labute approximate surface area is 137 Å². The summed E-state index contributed by atoms with van der Waals surface area (Å²) < 4.78 is 7.25. The van der Waals surface area contributed by atoms with Gasteiger partial charge in [0.15, 0.2) is 6.23 Å². The van der Waals surface area contributed by atoms with E-state index in [9.17, 15) is 15.3 Å². The minimum absolute atomic E-state index is 0.363. The lowest BCUT2D eigenvalue weighted by molar-refractivity contribution is -0.0508. The van der Waals surface area contributed by atoms with Crippen LogP contribution in [0.15, 0.2) is 48.9 Å². The molecule has 0 unspecified atom stereocenters. The Bertz CT molecular complexity index is 851. The summed E-state index contributed by atoms with van der Waals surface area (Å²) in [6, 6.07) is 11.5. The standard InChI is InChI=1S/C17H17N3O4/c21-8-12-15(22)16(23)17(24-12)20-9-19-14-11(20)6-7-18-13(14)10-4-2-1-3-5-10/h1-7,9,12,15-17,21-23H,8H2/t12-,15-,16-,17-/m1/s1. The summed E-state index contributed by atoms with van der Waals surface area (Å²) in [6.07, 6.45) is -0.699. The monoisotopic (exact) mass is 327 g/mol. The van der Waals surface area contributed by atoms with Crippen LogP contribution in [0.2, 0.25) is 0 Å². The highest BCUT2D eigenvalue weighted by Gasteiger charge is 2.43. The van der Waals surface area contributed by atoms with Crippen LogP contribution in [-0.4, -0.2) is 54.8 Å². The van der Waals surface area contributed by atoms with Gasteiger partial charge in [0, 0.05) is 11.8 Å². The third-order valence-corrected chi connectivity index (χ3v) is 4.33. The van der Waals surface area contributed by atoms with Gasteiger partial charge in [0.25, 0.3) is 0 Å². The average Bonchev–Trinajstić information content (AvgIpc) is 3.17. The lowest BCUT2D eigenvalue weighted by Crippen LogP contribution is -2.33. The van der Waals surface area contributed by atoms with E-state index in [1.165, 1.54) is 0 Å². The summed E-state index contributed by atoms with van der Waals surface area (Å²) in [5.41, 5.74) is 3.09. The SMILES string of the molecule is OC[C@H]1O[C@@H](n2cnc3c(-c4ccccc4)nccc32)[C@H](O)[C@@H]1O. The van der Waals surface area contributed by atoms with Crippen LogP contribution in [0.1, 0.15) is 6.23 Å². The Morgan fingerprint density at radius 3 is 2.54 bits per heavy atom. The van der Waals surface area contributed by atoms with Gasteiger partial charge in [-0.3, -0.25) is 4.98 Å². The zero-order chi connectivity index (χ0) is 16.7. The maximum atomic E-state index is 10.2. The Hall–Kier alpha value is -2.32. The highest BCUT2D eigenvalue weighted by molar-refractivity contribution is 5.89. The Balaban J connectivity index is 1.80. The minimum atomic E-state index is -1.15. The Kier molecular flexibility index (Phi) is 3.78. The van der Waals surface area contributed by atoms with Gasteiger partial charge < -0.3 is 24.6 Å². The summed E-state index contributed by atoms with van der Waals surface area (Å²) in [4.78, 5) is 8.83. The molecule has 1 fully saturated rings. The molecule has 7 nitrogen and oxygen atoms in total. The number of nitrogens with zero attached hydrogens (tertiary/aromatic N) is 3. The summed E-state index contributed by atoms with van der Waals surface area (Å²) in [6.45, 7) is -0.363. The lowest BCUT2D eigenvalue weighted by Gasteiger charge is -2.17. The molecule has 24 heavy (non-hydrogen) atoms. The van der Waals surface area contributed by atoms with Crippen molar-refractivity contribution < 1.29 is 20.1 Å². The van der Waals surface area contributed by atoms with Crippen LogP contribution in [-0.2, 0) is 4.74 Å². The van der Waals surface area contributed by atoms with E-state index in [1.807, 2.05) is 30.3 Å². The molecule has 2 aromatic heterocycles. The molecule has 3 heterocycles. The first-order valence-corrected chi connectivity index (χ1v) is 7.70. The smallest absolute Gasteiger partial charge is 0.164 e. The number of hydrogen-bond donors (Lipinski definition) is 3. The van der Waals surface area contributed by atoms with Gasteiger partial charge in [0.05, 0.1) is 24.1 Å². The normalized spacial score (nSPS) is 27.0. The van der Waals surface area contributed by atoms with Crippen LogP contribution in [0.4, 0.5) is 0 Å². The molecule has 0 bridgehead atoms. The topological polar surface area (TPSA) is 101 Å². The molecular formula is C17H17N3O4. The van der Waals surface area contributed by atoms with Crippen molar-refractivity contribution in [2.24, 2.45) is 0 Å². The second-order valence-corrected chi connectivity index (χ2v) is 5.77. The van der Waals surface area contributed by atoms with Crippen molar-refractivity contribution in [3.63, 3.8) is 0 Å². The number of rotatable bonds is 3. The van der Waals surface area contributed by atoms with E-state index in [0.717, 1.165) is 16.8 Å². The van der Waals surface area contributed by atoms with Crippen molar-refractivity contribution in [1.82, 2.24) is 14.5 Å². The molecule has 3 aromatic rings. The zero-order valence-electron chi connectivity index (χ0n) is 12.7. The molecule has 1 aliphatic rings. The van der Waals surface area contributed by atoms with E-state index in [0.29, 0.717) is 5.52 Å². The van der Waals surface area contributed by atoms with Crippen molar-refractivity contribution in [2.75, 3.05) is 6.61 Å². The number of hydrogen-bond acceptors (Lipinski definition) is 6. The zero-order valence-corrected chi connectivity index (χ0v) is 12.7. The van der Waals surface area contributed by atoms with Crippen LogP contribution < -0.4 is 0 Å². The van der Waals surface area contributed by atoms with E-state index >= 15 is 0 Å². The molecule has 1 saturated heterocycles. The molecule has 124 valence electrons. The number of aromatic nitrogens is 3. The Morgan fingerprint density at radius 1 is 1.04 bits per heavy atom. The van der Waals surface area contributed by atoms with Crippen molar-refractivity contribution >= 4 is 11.0 Å². The predicted molar refractivity (Wildman–Crippen MR) is 86.0 cm³/mol. The highest BCUT2D eigenvalue weighted by atomic mass is 16.6. The lowest BCUT2D eigenvalue weighted by atomic mass is 10.1. The number of benzene rings is 1. The molecule has 0 aliphatic carbocycles. The number of ether oxygens (including phenoxy) is 1. The number of aliphatic hydroxyl groups is 3. The molecule has 4 rings (SSSR count). The van der Waals surface area contributed by atoms with Gasteiger partial charge in [0.2, 0.25) is 0 Å². The molecule has 1 aliphatic heterocycles. The third-order valence-electron chi connectivity index (χ3n) is 4.33. The summed E-state index contributed by atoms with van der Waals surface area (Å²) >= 11 is 0. The highest BCUT2D eigenvalue weighted by Crippen LogP contribution is 2.33. The van der Waals surface area contributed by atoms with Gasteiger partial charge in [-0.1, -0.05) is 30.3 Å². The second-order valence-electron chi connectivity index (χ2n) is 5.77. The maximum Gasteiger partial charge on any atom is 0.164 e. The van der Waals surface area contributed by atoms with Crippen LogP contribution >= 0.6 is 0 Å². The van der Waals surface area contributed by atoms with Crippen molar-refractivity contribution in [3.8, 4) is 11.3 Å². The maximum absolute atomic E-state index is 10.2. The summed E-state index contributed by atoms with van der Waals surface area (Å²) in [5, 5.41) is 29.4. The quantitative estimate of drug-likeness (QED) is 0.655. The Morgan fingerprint density at radius 2 is 1.83 bits per heavy atom. The van der Waals surface area contributed by atoms with E-state index in [2.05, 4.69) is 9.97 Å². The second kappa shape index (κ2) is 5.95. The molecule has 3 N–H and O–H groups in total. The van der Waals surface area contributed by atoms with Crippen LogP contribution in [0, 0.1) is 0 Å². The van der Waals surface area contributed by atoms with Crippen LogP contribution in [0.3, 0.4) is 0 Å². The van der Waals surface area contributed by atoms with Gasteiger partial charge in [-0.15, -0.1) is 0 Å². The molecule has 0 spiro atoms. The van der Waals surface area contributed by atoms with E-state index in [4.69, 9.17) is 4.74 Å². The largest absolute Gasteiger partial charge is 0.394 e. The van der Waals surface area contributed by atoms with E-state index in [-0.39, 0.29) is 6.61 Å². The summed E-state index contributed by atoms with van der Waals surface area (Å²) in [5.74, 6) is 0. The van der Waals surface area contributed by atoms with E-state index in [1.54, 1.807) is 23.2 Å². The average molecular weight is 327 g/mol. The minimum Gasteiger partial charge on any atom is -0.394 e. The molecule has 0 amide bonds. The fraction of sp³-hybridized carbons (Fsp3) is 0.294. The number of fused-ring (bicyclic) bond motifs is 1. The molecule has 0 saturated carbocycles. The molecule has 4 atom stereocenters. The van der Waals surface area contributed by atoms with Gasteiger partial charge in [-0.25, -0.2) is 4.98 Å². The first-order valence-electron chi connectivity index (χ1n) is 7.70. The number of aliphatic hydroxyl groups excluding tert-OH is 3. The van der Waals surface area contributed by atoms with Gasteiger partial charge in [-0.05, 0) is 6.07 Å².